The summed E-state index contributed by atoms with van der Waals surface area (Å²) in [6.07, 6.45) is 1.06. The van der Waals surface area contributed by atoms with Gasteiger partial charge in [0, 0.05) is 24.4 Å². The van der Waals surface area contributed by atoms with E-state index in [-0.39, 0.29) is 11.8 Å². The molecule has 182 valence electrons. The summed E-state index contributed by atoms with van der Waals surface area (Å²) in [7, 11) is 0. The van der Waals surface area contributed by atoms with Gasteiger partial charge in [0.2, 0.25) is 5.91 Å². The standard InChI is InChI=1S/C31H29FN2O2/c32-27-18-16-26(17-19-27)30(35)34-29(22-23-10-4-1-5-11-23)31(36)33-21-20-28(24-12-6-2-7-13-24)25-14-8-3-9-15-25/h1-19,28-29H,20-22H2,(H,33,36)(H,34,35). The van der Waals surface area contributed by atoms with Gasteiger partial charge in [0.05, 0.1) is 0 Å². The van der Waals surface area contributed by atoms with E-state index in [2.05, 4.69) is 34.9 Å². The molecule has 0 aliphatic carbocycles. The summed E-state index contributed by atoms with van der Waals surface area (Å²) < 4.78 is 13.3. The average molecular weight is 481 g/mol. The minimum Gasteiger partial charge on any atom is -0.354 e. The van der Waals surface area contributed by atoms with Crippen molar-refractivity contribution in [3.63, 3.8) is 0 Å². The summed E-state index contributed by atoms with van der Waals surface area (Å²) >= 11 is 0. The van der Waals surface area contributed by atoms with Crippen LogP contribution in [0, 0.1) is 5.82 Å². The van der Waals surface area contributed by atoms with Crippen LogP contribution in [0.1, 0.15) is 39.4 Å². The third-order valence-electron chi connectivity index (χ3n) is 6.15. The fraction of sp³-hybridized carbons (Fsp3) is 0.161. The van der Waals surface area contributed by atoms with Gasteiger partial charge in [-0.25, -0.2) is 4.39 Å². The predicted octanol–water partition coefficient (Wildman–Crippen LogP) is 5.51. The highest BCUT2D eigenvalue weighted by molar-refractivity contribution is 5.97. The Kier molecular flexibility index (Phi) is 8.60. The maximum Gasteiger partial charge on any atom is 0.251 e. The Morgan fingerprint density at radius 2 is 1.22 bits per heavy atom. The third kappa shape index (κ3) is 6.89. The molecule has 4 aromatic rings. The predicted molar refractivity (Wildman–Crippen MR) is 140 cm³/mol. The highest BCUT2D eigenvalue weighted by Gasteiger charge is 2.22. The van der Waals surface area contributed by atoms with Crippen molar-refractivity contribution in [2.45, 2.75) is 24.8 Å². The first-order valence-electron chi connectivity index (χ1n) is 12.1. The fourth-order valence-electron chi connectivity index (χ4n) is 4.26. The normalized spacial score (nSPS) is 11.6. The summed E-state index contributed by atoms with van der Waals surface area (Å²) in [5, 5.41) is 5.85. The van der Waals surface area contributed by atoms with E-state index in [4.69, 9.17) is 0 Å². The molecule has 0 saturated heterocycles. The first-order valence-corrected chi connectivity index (χ1v) is 12.1. The number of nitrogens with one attached hydrogen (secondary N) is 2. The van der Waals surface area contributed by atoms with E-state index >= 15 is 0 Å². The molecule has 1 unspecified atom stereocenters. The smallest absolute Gasteiger partial charge is 0.251 e. The molecule has 0 aliphatic rings. The molecule has 2 amide bonds. The van der Waals surface area contributed by atoms with Crippen molar-refractivity contribution < 1.29 is 14.0 Å². The van der Waals surface area contributed by atoms with Crippen LogP contribution in [0.15, 0.2) is 115 Å². The van der Waals surface area contributed by atoms with Crippen molar-refractivity contribution in [3.05, 3.63) is 143 Å². The van der Waals surface area contributed by atoms with E-state index in [0.29, 0.717) is 24.9 Å². The van der Waals surface area contributed by atoms with Gasteiger partial charge in [-0.15, -0.1) is 0 Å². The first kappa shape index (κ1) is 24.9. The molecule has 36 heavy (non-hydrogen) atoms. The lowest BCUT2D eigenvalue weighted by atomic mass is 9.88. The van der Waals surface area contributed by atoms with Crippen LogP contribution in [0.3, 0.4) is 0 Å². The second-order valence-corrected chi connectivity index (χ2v) is 8.68. The summed E-state index contributed by atoms with van der Waals surface area (Å²) in [5.74, 6) is -0.961. The van der Waals surface area contributed by atoms with E-state index in [9.17, 15) is 14.0 Å². The second kappa shape index (κ2) is 12.5. The number of hydrogen-bond acceptors (Lipinski definition) is 2. The van der Waals surface area contributed by atoms with Crippen LogP contribution in [-0.4, -0.2) is 24.4 Å². The zero-order chi connectivity index (χ0) is 25.2. The van der Waals surface area contributed by atoms with E-state index < -0.39 is 17.8 Å². The van der Waals surface area contributed by atoms with Gasteiger partial charge in [0.15, 0.2) is 0 Å². The molecule has 5 heteroatoms. The monoisotopic (exact) mass is 480 g/mol. The van der Waals surface area contributed by atoms with E-state index in [0.717, 1.165) is 5.56 Å². The highest BCUT2D eigenvalue weighted by atomic mass is 19.1. The molecule has 0 heterocycles. The Balaban J connectivity index is 1.45. The molecule has 0 aliphatic heterocycles. The van der Waals surface area contributed by atoms with Crippen LogP contribution < -0.4 is 10.6 Å². The van der Waals surface area contributed by atoms with Gasteiger partial charge in [-0.3, -0.25) is 9.59 Å². The van der Waals surface area contributed by atoms with Crippen molar-refractivity contribution in [1.29, 1.82) is 0 Å². The van der Waals surface area contributed by atoms with Gasteiger partial charge in [-0.05, 0) is 47.4 Å². The first-order chi connectivity index (χ1) is 17.6. The van der Waals surface area contributed by atoms with Crippen molar-refractivity contribution in [2.24, 2.45) is 0 Å². The van der Waals surface area contributed by atoms with E-state index in [1.54, 1.807) is 0 Å². The van der Waals surface area contributed by atoms with Crippen LogP contribution in [0.2, 0.25) is 0 Å². The molecule has 4 aromatic carbocycles. The van der Waals surface area contributed by atoms with Crippen LogP contribution in [0.5, 0.6) is 0 Å². The molecule has 0 radical (unpaired) electrons. The second-order valence-electron chi connectivity index (χ2n) is 8.68. The Morgan fingerprint density at radius 1 is 0.694 bits per heavy atom. The molecular weight excluding hydrogens is 451 g/mol. The van der Waals surface area contributed by atoms with Crippen molar-refractivity contribution in [3.8, 4) is 0 Å². The molecule has 4 nitrogen and oxygen atoms in total. The van der Waals surface area contributed by atoms with Crippen LogP contribution >= 0.6 is 0 Å². The van der Waals surface area contributed by atoms with Crippen LogP contribution in [0.25, 0.3) is 0 Å². The third-order valence-corrected chi connectivity index (χ3v) is 6.15. The molecule has 2 N–H and O–H groups in total. The molecule has 0 saturated carbocycles. The quantitative estimate of drug-likeness (QED) is 0.315. The SMILES string of the molecule is O=C(NC(Cc1ccccc1)C(=O)NCCC(c1ccccc1)c1ccccc1)c1ccc(F)cc1. The Bertz CT molecular complexity index is 1210. The molecular formula is C31H29FN2O2. The number of rotatable bonds is 10. The Hall–Kier alpha value is -4.25. The molecule has 0 spiro atoms. The number of benzene rings is 4. The van der Waals surface area contributed by atoms with Crippen LogP contribution in [0.4, 0.5) is 4.39 Å². The maximum atomic E-state index is 13.3. The van der Waals surface area contributed by atoms with Crippen molar-refractivity contribution >= 4 is 11.8 Å². The average Bonchev–Trinajstić information content (AvgIpc) is 2.92. The zero-order valence-corrected chi connectivity index (χ0v) is 19.9. The Labute approximate surface area is 211 Å². The van der Waals surface area contributed by atoms with Crippen LogP contribution in [-0.2, 0) is 11.2 Å². The van der Waals surface area contributed by atoms with Gasteiger partial charge < -0.3 is 10.6 Å². The maximum absolute atomic E-state index is 13.3. The van der Waals surface area contributed by atoms with Gasteiger partial charge in [0.25, 0.3) is 5.91 Å². The van der Waals surface area contributed by atoms with Gasteiger partial charge >= 0.3 is 0 Å². The molecule has 0 aromatic heterocycles. The summed E-state index contributed by atoms with van der Waals surface area (Å²) in [4.78, 5) is 26.0. The Morgan fingerprint density at radius 3 is 1.78 bits per heavy atom. The minimum absolute atomic E-state index is 0.133. The molecule has 1 atom stereocenters. The van der Waals surface area contributed by atoms with Gasteiger partial charge in [0.1, 0.15) is 11.9 Å². The van der Waals surface area contributed by atoms with Gasteiger partial charge in [-0.1, -0.05) is 91.0 Å². The number of carbonyl (C=O) groups is 2. The van der Waals surface area contributed by atoms with E-state index in [1.807, 2.05) is 66.7 Å². The largest absolute Gasteiger partial charge is 0.354 e. The summed E-state index contributed by atoms with van der Waals surface area (Å²) in [5.41, 5.74) is 3.60. The number of carbonyl (C=O) groups excluding carboxylic acids is 2. The van der Waals surface area contributed by atoms with Gasteiger partial charge in [-0.2, -0.15) is 0 Å². The number of halogens is 1. The fourth-order valence-corrected chi connectivity index (χ4v) is 4.26. The topological polar surface area (TPSA) is 58.2 Å². The molecule has 0 bridgehead atoms. The lowest BCUT2D eigenvalue weighted by molar-refractivity contribution is -0.122. The highest BCUT2D eigenvalue weighted by Crippen LogP contribution is 2.27. The summed E-state index contributed by atoms with van der Waals surface area (Å²) in [6, 6.07) is 34.5. The van der Waals surface area contributed by atoms with Crippen molar-refractivity contribution in [1.82, 2.24) is 10.6 Å². The lowest BCUT2D eigenvalue weighted by Crippen LogP contribution is -2.48. The van der Waals surface area contributed by atoms with E-state index in [1.165, 1.54) is 35.4 Å². The number of amides is 2. The molecule has 0 fully saturated rings. The summed E-state index contributed by atoms with van der Waals surface area (Å²) in [6.45, 7) is 0.449. The zero-order valence-electron chi connectivity index (χ0n) is 19.9. The molecule has 4 rings (SSSR count). The lowest BCUT2D eigenvalue weighted by Gasteiger charge is -2.21. The number of hydrogen-bond donors (Lipinski definition) is 2. The minimum atomic E-state index is -0.767. The van der Waals surface area contributed by atoms with Crippen molar-refractivity contribution in [2.75, 3.05) is 6.54 Å².